The van der Waals surface area contributed by atoms with E-state index in [0.717, 1.165) is 42.6 Å². The Hall–Kier alpha value is -0.420. The zero-order chi connectivity index (χ0) is 13.4. The fourth-order valence-corrected chi connectivity index (χ4v) is 2.23. The molecule has 1 atom stereocenters. The van der Waals surface area contributed by atoms with E-state index in [0.29, 0.717) is 0 Å². The molecule has 1 N–H and O–H groups in total. The molecule has 4 heteroatoms. The number of aliphatic hydroxyl groups is 1. The zero-order valence-electron chi connectivity index (χ0n) is 11.1. The van der Waals surface area contributed by atoms with Crippen LogP contribution < -0.4 is 0 Å². The van der Waals surface area contributed by atoms with Crippen molar-refractivity contribution in [2.24, 2.45) is 0 Å². The first-order valence-corrected chi connectivity index (χ1v) is 7.04. The van der Waals surface area contributed by atoms with Crippen molar-refractivity contribution < 1.29 is 9.84 Å². The van der Waals surface area contributed by atoms with Crippen LogP contribution in [-0.4, -0.2) is 43.9 Å². The zero-order valence-corrected chi connectivity index (χ0v) is 12.7. The molecule has 0 fully saturated rings. The molecule has 0 aliphatic rings. The fourth-order valence-electron chi connectivity index (χ4n) is 1.81. The van der Waals surface area contributed by atoms with Gasteiger partial charge in [0.15, 0.2) is 0 Å². The minimum Gasteiger partial charge on any atom is -0.388 e. The second kappa shape index (κ2) is 8.64. The summed E-state index contributed by atoms with van der Waals surface area (Å²) in [4.78, 5) is 2.22. The lowest BCUT2D eigenvalue weighted by atomic mass is 10.1. The summed E-state index contributed by atoms with van der Waals surface area (Å²) in [5, 5.41) is 10.1. The summed E-state index contributed by atoms with van der Waals surface area (Å²) in [5.41, 5.74) is 0.967. The number of hydrogen-bond donors (Lipinski definition) is 1. The molecule has 0 spiro atoms. The van der Waals surface area contributed by atoms with Gasteiger partial charge in [-0.3, -0.25) is 0 Å². The molecule has 0 aliphatic heterocycles. The monoisotopic (exact) mass is 315 g/mol. The Bertz CT molecular complexity index is 346. The molecule has 1 aromatic carbocycles. The third-order valence-electron chi connectivity index (χ3n) is 2.91. The molecule has 0 radical (unpaired) electrons. The summed E-state index contributed by atoms with van der Waals surface area (Å²) < 4.78 is 6.03. The smallest absolute Gasteiger partial charge is 0.0802 e. The average Bonchev–Trinajstić information content (AvgIpc) is 2.36. The quantitative estimate of drug-likeness (QED) is 0.749. The number of nitrogens with zero attached hydrogens (tertiary/aromatic N) is 1. The van der Waals surface area contributed by atoms with Crippen LogP contribution in [0, 0.1) is 0 Å². The van der Waals surface area contributed by atoms with Crippen LogP contribution in [0.3, 0.4) is 0 Å². The van der Waals surface area contributed by atoms with Gasteiger partial charge in [0.05, 0.1) is 6.10 Å². The normalized spacial score (nSPS) is 12.9. The summed E-state index contributed by atoms with van der Waals surface area (Å²) in [6, 6.07) is 7.84. The van der Waals surface area contributed by atoms with Crippen molar-refractivity contribution in [2.45, 2.75) is 18.9 Å². The van der Waals surface area contributed by atoms with Gasteiger partial charge in [-0.1, -0.05) is 28.1 Å². The van der Waals surface area contributed by atoms with Crippen molar-refractivity contribution in [1.29, 1.82) is 0 Å². The summed E-state index contributed by atoms with van der Waals surface area (Å²) in [6.45, 7) is 2.68. The van der Waals surface area contributed by atoms with E-state index in [1.165, 1.54) is 0 Å². The van der Waals surface area contributed by atoms with Crippen molar-refractivity contribution >= 4 is 15.9 Å². The molecule has 0 saturated heterocycles. The van der Waals surface area contributed by atoms with E-state index in [9.17, 15) is 5.11 Å². The molecular formula is C14H22BrNO2. The van der Waals surface area contributed by atoms with Crippen LogP contribution in [0.15, 0.2) is 28.7 Å². The molecule has 18 heavy (non-hydrogen) atoms. The first-order valence-electron chi connectivity index (χ1n) is 6.24. The van der Waals surface area contributed by atoms with E-state index in [1.54, 1.807) is 7.11 Å². The number of rotatable bonds is 8. The van der Waals surface area contributed by atoms with Gasteiger partial charge in [-0.15, -0.1) is 0 Å². The molecule has 1 aromatic rings. The summed E-state index contributed by atoms with van der Waals surface area (Å²) >= 11 is 3.42. The molecule has 0 heterocycles. The maximum atomic E-state index is 10.1. The van der Waals surface area contributed by atoms with E-state index in [4.69, 9.17) is 4.74 Å². The highest BCUT2D eigenvalue weighted by atomic mass is 79.9. The summed E-state index contributed by atoms with van der Waals surface area (Å²) in [6.07, 6.45) is 1.38. The standard InChI is InChI=1S/C14H22BrNO2/c1-16(8-4-10-18-2)9-7-14(17)12-5-3-6-13(15)11-12/h3,5-6,11,14,17H,4,7-10H2,1-2H3. The van der Waals surface area contributed by atoms with E-state index in [1.807, 2.05) is 24.3 Å². The van der Waals surface area contributed by atoms with Gasteiger partial charge < -0.3 is 14.7 Å². The van der Waals surface area contributed by atoms with Gasteiger partial charge in [-0.2, -0.15) is 0 Å². The molecule has 1 unspecified atom stereocenters. The molecule has 0 aliphatic carbocycles. The fraction of sp³-hybridized carbons (Fsp3) is 0.571. The maximum Gasteiger partial charge on any atom is 0.0802 e. The van der Waals surface area contributed by atoms with Crippen molar-refractivity contribution in [2.75, 3.05) is 33.9 Å². The largest absolute Gasteiger partial charge is 0.388 e. The molecule has 102 valence electrons. The minimum atomic E-state index is -0.396. The Morgan fingerprint density at radius 1 is 1.39 bits per heavy atom. The molecule has 1 rings (SSSR count). The van der Waals surface area contributed by atoms with Crippen LogP contribution in [0.1, 0.15) is 24.5 Å². The van der Waals surface area contributed by atoms with Gasteiger partial charge in [0, 0.05) is 31.3 Å². The number of benzene rings is 1. The van der Waals surface area contributed by atoms with Gasteiger partial charge in [-0.05, 0) is 37.6 Å². The van der Waals surface area contributed by atoms with Gasteiger partial charge in [0.1, 0.15) is 0 Å². The van der Waals surface area contributed by atoms with Crippen LogP contribution in [0.4, 0.5) is 0 Å². The van der Waals surface area contributed by atoms with Gasteiger partial charge in [0.25, 0.3) is 0 Å². The second-order valence-electron chi connectivity index (χ2n) is 4.51. The molecule has 3 nitrogen and oxygen atoms in total. The number of aliphatic hydroxyl groups excluding tert-OH is 1. The lowest BCUT2D eigenvalue weighted by Crippen LogP contribution is -2.23. The highest BCUT2D eigenvalue weighted by Crippen LogP contribution is 2.20. The highest BCUT2D eigenvalue weighted by molar-refractivity contribution is 9.10. The average molecular weight is 316 g/mol. The van der Waals surface area contributed by atoms with Crippen LogP contribution in [-0.2, 0) is 4.74 Å². The minimum absolute atomic E-state index is 0.396. The molecule has 0 aromatic heterocycles. The van der Waals surface area contributed by atoms with Crippen LogP contribution in [0.2, 0.25) is 0 Å². The Morgan fingerprint density at radius 2 is 2.17 bits per heavy atom. The Labute approximate surface area is 118 Å². The second-order valence-corrected chi connectivity index (χ2v) is 5.42. The topological polar surface area (TPSA) is 32.7 Å². The van der Waals surface area contributed by atoms with E-state index in [-0.39, 0.29) is 0 Å². The Balaban J connectivity index is 2.30. The summed E-state index contributed by atoms with van der Waals surface area (Å²) in [5.74, 6) is 0. The van der Waals surface area contributed by atoms with Crippen LogP contribution >= 0.6 is 15.9 Å². The molecule has 0 amide bonds. The van der Waals surface area contributed by atoms with Gasteiger partial charge in [-0.25, -0.2) is 0 Å². The van der Waals surface area contributed by atoms with Crippen molar-refractivity contribution in [1.82, 2.24) is 4.90 Å². The molecule has 0 saturated carbocycles. The Morgan fingerprint density at radius 3 is 2.83 bits per heavy atom. The lowest BCUT2D eigenvalue weighted by molar-refractivity contribution is 0.141. The Kier molecular flexibility index (Phi) is 7.51. The molecular weight excluding hydrogens is 294 g/mol. The van der Waals surface area contributed by atoms with Crippen molar-refractivity contribution in [3.63, 3.8) is 0 Å². The lowest BCUT2D eigenvalue weighted by Gasteiger charge is -2.19. The number of halogens is 1. The molecule has 0 bridgehead atoms. The van der Waals surface area contributed by atoms with E-state index < -0.39 is 6.10 Å². The predicted octanol–water partition coefficient (Wildman–Crippen LogP) is 2.84. The third-order valence-corrected chi connectivity index (χ3v) is 3.40. The third kappa shape index (κ3) is 5.96. The van der Waals surface area contributed by atoms with Crippen molar-refractivity contribution in [3.8, 4) is 0 Å². The predicted molar refractivity (Wildman–Crippen MR) is 77.7 cm³/mol. The summed E-state index contributed by atoms with van der Waals surface area (Å²) in [7, 11) is 3.79. The first-order chi connectivity index (χ1) is 8.63. The number of methoxy groups -OCH3 is 1. The number of hydrogen-bond acceptors (Lipinski definition) is 3. The van der Waals surface area contributed by atoms with Gasteiger partial charge >= 0.3 is 0 Å². The van der Waals surface area contributed by atoms with E-state index in [2.05, 4.69) is 27.9 Å². The van der Waals surface area contributed by atoms with E-state index >= 15 is 0 Å². The van der Waals surface area contributed by atoms with Crippen molar-refractivity contribution in [3.05, 3.63) is 34.3 Å². The van der Waals surface area contributed by atoms with Gasteiger partial charge in [0.2, 0.25) is 0 Å². The first kappa shape index (κ1) is 15.6. The van der Waals surface area contributed by atoms with Crippen LogP contribution in [0.5, 0.6) is 0 Å². The van der Waals surface area contributed by atoms with Crippen LogP contribution in [0.25, 0.3) is 0 Å². The highest BCUT2D eigenvalue weighted by Gasteiger charge is 2.09. The SMILES string of the molecule is COCCCN(C)CCC(O)c1cccc(Br)c1. The maximum absolute atomic E-state index is 10.1. The number of ether oxygens (including phenoxy) is 1.